The number of carbonyl (C=O) groups is 4. The summed E-state index contributed by atoms with van der Waals surface area (Å²) < 4.78 is 4.65. The highest BCUT2D eigenvalue weighted by atomic mass is 16.5. The van der Waals surface area contributed by atoms with Gasteiger partial charge in [-0.1, -0.05) is 0 Å². The molecule has 8 heteroatoms. The van der Waals surface area contributed by atoms with Gasteiger partial charge in [-0.25, -0.2) is 4.79 Å². The Morgan fingerprint density at radius 1 is 0.862 bits per heavy atom. The largest absolute Gasteiger partial charge is 0.465 e. The van der Waals surface area contributed by atoms with Gasteiger partial charge in [-0.05, 0) is 48.5 Å². The summed E-state index contributed by atoms with van der Waals surface area (Å²) in [4.78, 5) is 48.2. The van der Waals surface area contributed by atoms with E-state index in [9.17, 15) is 19.2 Å². The number of anilines is 3. The zero-order valence-corrected chi connectivity index (χ0v) is 16.5. The van der Waals surface area contributed by atoms with E-state index in [0.29, 0.717) is 22.6 Å². The molecule has 0 aliphatic carbocycles. The minimum Gasteiger partial charge on any atom is -0.465 e. The topological polar surface area (TPSA) is 105 Å². The lowest BCUT2D eigenvalue weighted by atomic mass is 10.2. The normalized spacial score (nSPS) is 10.0. The fourth-order valence-electron chi connectivity index (χ4n) is 2.64. The van der Waals surface area contributed by atoms with Crippen LogP contribution in [0.25, 0.3) is 0 Å². The second-order valence-corrected chi connectivity index (χ2v) is 6.27. The summed E-state index contributed by atoms with van der Waals surface area (Å²) in [5, 5.41) is 5.39. The molecule has 0 aromatic heterocycles. The highest BCUT2D eigenvalue weighted by Gasteiger charge is 2.15. The Morgan fingerprint density at radius 3 is 1.90 bits per heavy atom. The number of ether oxygens (including phenoxy) is 1. The van der Waals surface area contributed by atoms with Gasteiger partial charge in [-0.3, -0.25) is 14.4 Å². The van der Waals surface area contributed by atoms with Crippen molar-refractivity contribution in [3.05, 3.63) is 54.1 Å². The molecular weight excluding hydrogens is 374 g/mol. The maximum Gasteiger partial charge on any atom is 0.337 e. The molecule has 0 heterocycles. The van der Waals surface area contributed by atoms with E-state index in [2.05, 4.69) is 15.4 Å². The van der Waals surface area contributed by atoms with Crippen LogP contribution in [-0.4, -0.2) is 37.3 Å². The molecule has 3 amide bonds. The van der Waals surface area contributed by atoms with E-state index in [4.69, 9.17) is 0 Å². The van der Waals surface area contributed by atoms with Crippen LogP contribution in [0.15, 0.2) is 48.5 Å². The molecule has 2 rings (SSSR count). The maximum atomic E-state index is 12.2. The van der Waals surface area contributed by atoms with E-state index in [1.54, 1.807) is 48.5 Å². The Labute approximate surface area is 168 Å². The third-order valence-electron chi connectivity index (χ3n) is 4.03. The molecule has 0 radical (unpaired) electrons. The van der Waals surface area contributed by atoms with Crippen molar-refractivity contribution in [1.82, 2.24) is 0 Å². The van der Waals surface area contributed by atoms with Gasteiger partial charge in [0.25, 0.3) is 0 Å². The van der Waals surface area contributed by atoms with Crippen LogP contribution >= 0.6 is 0 Å². The van der Waals surface area contributed by atoms with E-state index in [-0.39, 0.29) is 30.7 Å². The highest BCUT2D eigenvalue weighted by Crippen LogP contribution is 2.18. The second kappa shape index (κ2) is 10.0. The number of benzene rings is 2. The summed E-state index contributed by atoms with van der Waals surface area (Å²) >= 11 is 0. The first-order chi connectivity index (χ1) is 13.8. The molecule has 152 valence electrons. The van der Waals surface area contributed by atoms with E-state index in [0.717, 1.165) is 0 Å². The van der Waals surface area contributed by atoms with Gasteiger partial charge in [0, 0.05) is 43.9 Å². The van der Waals surface area contributed by atoms with Gasteiger partial charge in [0.2, 0.25) is 17.7 Å². The Hall–Kier alpha value is -3.68. The number of esters is 1. The lowest BCUT2D eigenvalue weighted by molar-refractivity contribution is -0.117. The van der Waals surface area contributed by atoms with Crippen molar-refractivity contribution in [2.24, 2.45) is 0 Å². The van der Waals surface area contributed by atoms with Crippen LogP contribution in [0.5, 0.6) is 0 Å². The molecule has 0 saturated heterocycles. The average molecular weight is 397 g/mol. The first kappa shape index (κ1) is 21.6. The van der Waals surface area contributed by atoms with E-state index < -0.39 is 5.97 Å². The van der Waals surface area contributed by atoms with Gasteiger partial charge >= 0.3 is 5.97 Å². The first-order valence-corrected chi connectivity index (χ1v) is 8.94. The van der Waals surface area contributed by atoms with Gasteiger partial charge in [0.15, 0.2) is 0 Å². The Balaban J connectivity index is 1.96. The molecule has 2 aromatic rings. The van der Waals surface area contributed by atoms with E-state index >= 15 is 0 Å². The van der Waals surface area contributed by atoms with Crippen molar-refractivity contribution in [2.75, 3.05) is 29.2 Å². The van der Waals surface area contributed by atoms with Crippen molar-refractivity contribution < 1.29 is 23.9 Å². The second-order valence-electron chi connectivity index (χ2n) is 6.27. The first-order valence-electron chi connectivity index (χ1n) is 8.94. The number of carbonyl (C=O) groups excluding carboxylic acids is 4. The molecule has 0 spiro atoms. The SMILES string of the molecule is COC(=O)c1ccc(N(CCC(=O)Nc2ccc(NC(C)=O)cc2)C(C)=O)cc1. The van der Waals surface area contributed by atoms with Gasteiger partial charge in [0.1, 0.15) is 0 Å². The molecule has 0 saturated carbocycles. The van der Waals surface area contributed by atoms with Gasteiger partial charge < -0.3 is 20.3 Å². The summed E-state index contributed by atoms with van der Waals surface area (Å²) in [6.07, 6.45) is 0.0891. The lowest BCUT2D eigenvalue weighted by Crippen LogP contribution is -2.32. The summed E-state index contributed by atoms with van der Waals surface area (Å²) in [6, 6.07) is 13.1. The zero-order valence-electron chi connectivity index (χ0n) is 16.5. The van der Waals surface area contributed by atoms with Gasteiger partial charge in [0.05, 0.1) is 12.7 Å². The third-order valence-corrected chi connectivity index (χ3v) is 4.03. The molecule has 0 unspecified atom stereocenters. The Kier molecular flexibility index (Phi) is 7.47. The molecule has 0 fully saturated rings. The fraction of sp³-hybridized carbons (Fsp3) is 0.238. The lowest BCUT2D eigenvalue weighted by Gasteiger charge is -2.21. The minimum atomic E-state index is -0.463. The number of nitrogens with one attached hydrogen (secondary N) is 2. The minimum absolute atomic E-state index is 0.0891. The standard InChI is InChI=1S/C21H23N3O5/c1-14(25)22-17-6-8-18(9-7-17)23-20(27)12-13-24(15(2)26)19-10-4-16(5-11-19)21(28)29-3/h4-11H,12-13H2,1-3H3,(H,22,25)(H,23,27). The van der Waals surface area contributed by atoms with Gasteiger partial charge in [-0.2, -0.15) is 0 Å². The maximum absolute atomic E-state index is 12.2. The smallest absolute Gasteiger partial charge is 0.337 e. The van der Waals surface area contributed by atoms with Crippen molar-refractivity contribution in [2.45, 2.75) is 20.3 Å². The number of rotatable bonds is 7. The van der Waals surface area contributed by atoms with Crippen molar-refractivity contribution >= 4 is 40.8 Å². The zero-order chi connectivity index (χ0) is 21.4. The Morgan fingerprint density at radius 2 is 1.41 bits per heavy atom. The summed E-state index contributed by atoms with van der Waals surface area (Å²) in [6.45, 7) is 3.01. The number of methoxy groups -OCH3 is 1. The van der Waals surface area contributed by atoms with Gasteiger partial charge in [-0.15, -0.1) is 0 Å². The molecule has 0 bridgehead atoms. The van der Waals surface area contributed by atoms with Crippen LogP contribution in [0.3, 0.4) is 0 Å². The molecule has 2 N–H and O–H groups in total. The number of nitrogens with zero attached hydrogens (tertiary/aromatic N) is 1. The molecule has 0 aliphatic heterocycles. The predicted octanol–water partition coefficient (Wildman–Crippen LogP) is 2.81. The van der Waals surface area contributed by atoms with Crippen molar-refractivity contribution in [3.63, 3.8) is 0 Å². The summed E-state index contributed by atoms with van der Waals surface area (Å²) in [5.41, 5.74) is 2.17. The van der Waals surface area contributed by atoms with Crippen molar-refractivity contribution in [3.8, 4) is 0 Å². The van der Waals surface area contributed by atoms with Crippen LogP contribution < -0.4 is 15.5 Å². The molecular formula is C21H23N3O5. The monoisotopic (exact) mass is 397 g/mol. The van der Waals surface area contributed by atoms with Crippen LogP contribution in [-0.2, 0) is 19.1 Å². The van der Waals surface area contributed by atoms with E-state index in [1.807, 2.05) is 0 Å². The van der Waals surface area contributed by atoms with Crippen molar-refractivity contribution in [1.29, 1.82) is 0 Å². The quantitative estimate of drug-likeness (QED) is 0.699. The molecule has 0 atom stereocenters. The summed E-state index contributed by atoms with van der Waals surface area (Å²) in [7, 11) is 1.30. The molecule has 8 nitrogen and oxygen atoms in total. The Bertz CT molecular complexity index is 892. The van der Waals surface area contributed by atoms with Crippen LogP contribution in [0, 0.1) is 0 Å². The van der Waals surface area contributed by atoms with Crippen LogP contribution in [0.4, 0.5) is 17.1 Å². The molecule has 29 heavy (non-hydrogen) atoms. The van der Waals surface area contributed by atoms with E-state index in [1.165, 1.54) is 25.9 Å². The highest BCUT2D eigenvalue weighted by molar-refractivity contribution is 5.96. The predicted molar refractivity (Wildman–Crippen MR) is 110 cm³/mol. The number of hydrogen-bond donors (Lipinski definition) is 2. The average Bonchev–Trinajstić information content (AvgIpc) is 2.69. The fourth-order valence-corrected chi connectivity index (χ4v) is 2.64. The summed E-state index contributed by atoms with van der Waals surface area (Å²) in [5.74, 6) is -1.11. The van der Waals surface area contributed by atoms with Crippen LogP contribution in [0.2, 0.25) is 0 Å². The molecule has 2 aromatic carbocycles. The number of amides is 3. The van der Waals surface area contributed by atoms with Crippen LogP contribution in [0.1, 0.15) is 30.6 Å². The molecule has 0 aliphatic rings. The third kappa shape index (κ3) is 6.46. The number of hydrogen-bond acceptors (Lipinski definition) is 5.